The molecular weight excluding hydrogens is 104 g/mol. The molecule has 0 N–H and O–H groups in total. The third kappa shape index (κ3) is 1.28. The molecule has 0 bridgehead atoms. The van der Waals surface area contributed by atoms with Gasteiger partial charge in [0.1, 0.15) is 0 Å². The van der Waals surface area contributed by atoms with E-state index in [4.69, 9.17) is 4.74 Å². The molecule has 0 aromatic rings. The molecule has 0 aromatic carbocycles. The van der Waals surface area contributed by atoms with Crippen LogP contribution in [-0.4, -0.2) is 23.5 Å². The van der Waals surface area contributed by atoms with Gasteiger partial charge >= 0.3 is 0 Å². The lowest BCUT2D eigenvalue weighted by Crippen LogP contribution is -1.95. The summed E-state index contributed by atoms with van der Waals surface area (Å²) in [4.78, 5) is 0. The maximum absolute atomic E-state index is 5.17. The minimum atomic E-state index is 0.937. The Bertz CT molecular complexity index is 50.0. The fourth-order valence-corrected chi connectivity index (χ4v) is 1.55. The smallest absolute Gasteiger partial charge is 0.0492 e. The first kappa shape index (κ1) is 5.32. The molecule has 2 heteroatoms. The molecule has 1 fully saturated rings. The summed E-state index contributed by atoms with van der Waals surface area (Å²) in [5, 5.41) is 0. The molecule has 1 rings (SSSR count). The van der Waals surface area contributed by atoms with Crippen molar-refractivity contribution in [1.29, 1.82) is 0 Å². The number of hydrogen-bond donors (Lipinski definition) is 0. The van der Waals surface area contributed by atoms with Crippen LogP contribution in [-0.2, 0) is 4.74 Å². The minimum Gasteiger partial charge on any atom is -0.381 e. The van der Waals surface area contributed by atoms with Gasteiger partial charge in [0.2, 0.25) is 0 Å². The SMILES string of the molecule is [SiH3]CC1CCOC1. The Hall–Kier alpha value is 0.177. The molecule has 0 aliphatic carbocycles. The molecule has 1 aliphatic heterocycles. The predicted octanol–water partition coefficient (Wildman–Crippen LogP) is -0.193. The van der Waals surface area contributed by atoms with Gasteiger partial charge in [0.05, 0.1) is 0 Å². The fraction of sp³-hybridized carbons (Fsp3) is 1.00. The zero-order valence-electron chi connectivity index (χ0n) is 4.81. The lowest BCUT2D eigenvalue weighted by Gasteiger charge is -1.97. The van der Waals surface area contributed by atoms with Crippen LogP contribution in [0.15, 0.2) is 0 Å². The second-order valence-electron chi connectivity index (χ2n) is 2.14. The van der Waals surface area contributed by atoms with E-state index in [1.54, 1.807) is 0 Å². The van der Waals surface area contributed by atoms with E-state index in [1.807, 2.05) is 0 Å². The van der Waals surface area contributed by atoms with Crippen molar-refractivity contribution in [2.45, 2.75) is 12.5 Å². The van der Waals surface area contributed by atoms with Crippen molar-refractivity contribution in [3.63, 3.8) is 0 Å². The summed E-state index contributed by atoms with van der Waals surface area (Å²) in [5.41, 5.74) is 0. The second kappa shape index (κ2) is 2.48. The van der Waals surface area contributed by atoms with Crippen LogP contribution < -0.4 is 0 Å². The van der Waals surface area contributed by atoms with Gasteiger partial charge in [-0.1, -0.05) is 6.04 Å². The summed E-state index contributed by atoms with van der Waals surface area (Å²) in [7, 11) is 1.35. The van der Waals surface area contributed by atoms with E-state index < -0.39 is 0 Å². The normalized spacial score (nSPS) is 31.7. The molecule has 0 spiro atoms. The lowest BCUT2D eigenvalue weighted by molar-refractivity contribution is 0.188. The molecule has 1 heterocycles. The van der Waals surface area contributed by atoms with Gasteiger partial charge in [-0.3, -0.25) is 0 Å². The molecule has 1 aliphatic rings. The highest BCUT2D eigenvalue weighted by Gasteiger charge is 2.11. The van der Waals surface area contributed by atoms with Gasteiger partial charge in [-0.25, -0.2) is 0 Å². The van der Waals surface area contributed by atoms with Crippen molar-refractivity contribution in [2.75, 3.05) is 13.2 Å². The highest BCUT2D eigenvalue weighted by atomic mass is 28.1. The van der Waals surface area contributed by atoms with Crippen LogP contribution in [0.4, 0.5) is 0 Å². The molecule has 42 valence electrons. The Labute approximate surface area is 47.5 Å². The Morgan fingerprint density at radius 1 is 1.71 bits per heavy atom. The van der Waals surface area contributed by atoms with Crippen LogP contribution >= 0.6 is 0 Å². The van der Waals surface area contributed by atoms with Gasteiger partial charge in [-0.05, 0) is 12.3 Å². The first-order valence-electron chi connectivity index (χ1n) is 3.01. The zero-order valence-corrected chi connectivity index (χ0v) is 6.81. The Balaban J connectivity index is 2.14. The topological polar surface area (TPSA) is 9.23 Å². The van der Waals surface area contributed by atoms with Crippen LogP contribution in [0.1, 0.15) is 6.42 Å². The minimum absolute atomic E-state index is 0.937. The Kier molecular flexibility index (Phi) is 1.88. The van der Waals surface area contributed by atoms with E-state index in [9.17, 15) is 0 Å². The van der Waals surface area contributed by atoms with Crippen LogP contribution in [0.5, 0.6) is 0 Å². The van der Waals surface area contributed by atoms with Crippen molar-refractivity contribution in [3.05, 3.63) is 0 Å². The van der Waals surface area contributed by atoms with Crippen LogP contribution in [0, 0.1) is 5.92 Å². The quantitative estimate of drug-likeness (QED) is 0.431. The number of ether oxygens (including phenoxy) is 1. The molecule has 0 radical (unpaired) electrons. The van der Waals surface area contributed by atoms with E-state index in [2.05, 4.69) is 0 Å². The van der Waals surface area contributed by atoms with E-state index >= 15 is 0 Å². The van der Waals surface area contributed by atoms with Crippen LogP contribution in [0.25, 0.3) is 0 Å². The molecule has 1 atom stereocenters. The van der Waals surface area contributed by atoms with E-state index in [1.165, 1.54) is 22.7 Å². The largest absolute Gasteiger partial charge is 0.381 e. The molecule has 1 unspecified atom stereocenters. The molecule has 1 saturated heterocycles. The van der Waals surface area contributed by atoms with Crippen molar-refractivity contribution < 1.29 is 4.74 Å². The van der Waals surface area contributed by atoms with Crippen molar-refractivity contribution in [1.82, 2.24) is 0 Å². The van der Waals surface area contributed by atoms with Gasteiger partial charge in [0.15, 0.2) is 0 Å². The average Bonchev–Trinajstić information content (AvgIpc) is 2.14. The van der Waals surface area contributed by atoms with E-state index in [0.29, 0.717) is 0 Å². The molecule has 0 amide bonds. The van der Waals surface area contributed by atoms with Gasteiger partial charge in [0.25, 0.3) is 0 Å². The number of rotatable bonds is 1. The lowest BCUT2D eigenvalue weighted by atomic mass is 10.2. The Morgan fingerprint density at radius 2 is 2.57 bits per heavy atom. The highest BCUT2D eigenvalue weighted by molar-refractivity contribution is 6.08. The predicted molar refractivity (Wildman–Crippen MR) is 33.7 cm³/mol. The number of hydrogen-bond acceptors (Lipinski definition) is 1. The van der Waals surface area contributed by atoms with Crippen LogP contribution in [0.2, 0.25) is 6.04 Å². The summed E-state index contributed by atoms with van der Waals surface area (Å²) >= 11 is 0. The van der Waals surface area contributed by atoms with Crippen molar-refractivity contribution >= 4 is 10.2 Å². The van der Waals surface area contributed by atoms with Gasteiger partial charge in [-0.15, -0.1) is 0 Å². The summed E-state index contributed by atoms with van der Waals surface area (Å²) < 4.78 is 5.17. The third-order valence-electron chi connectivity index (χ3n) is 1.60. The maximum atomic E-state index is 5.17. The molecule has 0 saturated carbocycles. The van der Waals surface area contributed by atoms with Gasteiger partial charge in [0, 0.05) is 23.5 Å². The summed E-state index contributed by atoms with van der Waals surface area (Å²) in [5.74, 6) is 0.937. The molecular formula is C5H12OSi. The molecule has 7 heavy (non-hydrogen) atoms. The van der Waals surface area contributed by atoms with Gasteiger partial charge < -0.3 is 4.74 Å². The maximum Gasteiger partial charge on any atom is 0.0492 e. The molecule has 1 nitrogen and oxygen atoms in total. The standard InChI is InChI=1S/C5H12OSi/c7-4-5-1-2-6-3-5/h5H,1-4H2,7H3. The second-order valence-corrected chi connectivity index (χ2v) is 2.95. The van der Waals surface area contributed by atoms with Crippen molar-refractivity contribution in [2.24, 2.45) is 5.92 Å². The third-order valence-corrected chi connectivity index (χ3v) is 2.76. The van der Waals surface area contributed by atoms with E-state index in [-0.39, 0.29) is 0 Å². The monoisotopic (exact) mass is 116 g/mol. The Morgan fingerprint density at radius 3 is 2.86 bits per heavy atom. The summed E-state index contributed by atoms with van der Waals surface area (Å²) in [6, 6.07) is 1.43. The summed E-state index contributed by atoms with van der Waals surface area (Å²) in [6.45, 7) is 2.07. The average molecular weight is 116 g/mol. The van der Waals surface area contributed by atoms with Crippen molar-refractivity contribution in [3.8, 4) is 0 Å². The van der Waals surface area contributed by atoms with E-state index in [0.717, 1.165) is 19.1 Å². The molecule has 0 aromatic heterocycles. The van der Waals surface area contributed by atoms with Gasteiger partial charge in [-0.2, -0.15) is 0 Å². The first-order valence-corrected chi connectivity index (χ1v) is 4.42. The zero-order chi connectivity index (χ0) is 5.11. The summed E-state index contributed by atoms with van der Waals surface area (Å²) in [6.07, 6.45) is 1.32. The van der Waals surface area contributed by atoms with Crippen LogP contribution in [0.3, 0.4) is 0 Å². The highest BCUT2D eigenvalue weighted by Crippen LogP contribution is 2.13. The first-order chi connectivity index (χ1) is 3.43. The fourth-order valence-electron chi connectivity index (χ4n) is 0.905.